The number of nitrogens with zero attached hydrogens (tertiary/aromatic N) is 3. The Kier molecular flexibility index (Phi) is 4.59. The van der Waals surface area contributed by atoms with Crippen LogP contribution in [0.3, 0.4) is 0 Å². The minimum Gasteiger partial charge on any atom is -0.371 e. The molecular weight excluding hydrogens is 298 g/mol. The molecule has 2 aromatic heterocycles. The van der Waals surface area contributed by atoms with Crippen molar-refractivity contribution in [2.24, 2.45) is 13.0 Å². The normalized spacial score (nSPS) is 21.2. The Hall–Kier alpha value is -1.66. The van der Waals surface area contributed by atoms with Gasteiger partial charge >= 0.3 is 0 Å². The average Bonchev–Trinajstić information content (AvgIpc) is 3.24. The first-order chi connectivity index (χ1) is 10.7. The Balaban J connectivity index is 1.64. The smallest absolute Gasteiger partial charge is 0.228 e. The fraction of sp³-hybridized carbons (Fsp3) is 0.500. The number of amides is 1. The Bertz CT molecular complexity index is 623. The van der Waals surface area contributed by atoms with Crippen LogP contribution >= 0.6 is 11.3 Å². The van der Waals surface area contributed by atoms with E-state index in [1.54, 1.807) is 22.2 Å². The van der Waals surface area contributed by atoms with E-state index in [9.17, 15) is 4.79 Å². The Labute approximate surface area is 134 Å². The number of hydrogen-bond acceptors (Lipinski definition) is 4. The number of aryl methyl sites for hydroxylation is 1. The van der Waals surface area contributed by atoms with Crippen LogP contribution in [0.5, 0.6) is 0 Å². The van der Waals surface area contributed by atoms with Crippen LogP contribution in [-0.2, 0) is 23.0 Å². The SMILES string of the molecule is CN(CCc1cccs1)C(=O)[C@@H]1CCO[C@H]1c1ccnn1C. The van der Waals surface area contributed by atoms with Crippen LogP contribution in [0.2, 0.25) is 0 Å². The van der Waals surface area contributed by atoms with Gasteiger partial charge in [0.2, 0.25) is 5.91 Å². The topological polar surface area (TPSA) is 47.4 Å². The van der Waals surface area contributed by atoms with Gasteiger partial charge in [0.1, 0.15) is 6.10 Å². The second-order valence-electron chi connectivity index (χ2n) is 5.66. The van der Waals surface area contributed by atoms with E-state index in [1.807, 2.05) is 31.1 Å². The Morgan fingerprint density at radius 1 is 1.55 bits per heavy atom. The molecule has 0 aliphatic carbocycles. The van der Waals surface area contributed by atoms with E-state index in [0.717, 1.165) is 25.1 Å². The fourth-order valence-electron chi connectivity index (χ4n) is 2.92. The van der Waals surface area contributed by atoms with Crippen molar-refractivity contribution in [3.05, 3.63) is 40.3 Å². The molecule has 2 atom stereocenters. The van der Waals surface area contributed by atoms with Gasteiger partial charge in [-0.25, -0.2) is 0 Å². The van der Waals surface area contributed by atoms with Crippen molar-refractivity contribution in [2.45, 2.75) is 18.9 Å². The zero-order valence-corrected chi connectivity index (χ0v) is 13.8. The van der Waals surface area contributed by atoms with Gasteiger partial charge in [-0.15, -0.1) is 11.3 Å². The summed E-state index contributed by atoms with van der Waals surface area (Å²) >= 11 is 1.74. The summed E-state index contributed by atoms with van der Waals surface area (Å²) in [6.45, 7) is 1.37. The van der Waals surface area contributed by atoms with Crippen LogP contribution in [0.4, 0.5) is 0 Å². The van der Waals surface area contributed by atoms with Crippen molar-refractivity contribution < 1.29 is 9.53 Å². The predicted molar refractivity (Wildman–Crippen MR) is 85.7 cm³/mol. The van der Waals surface area contributed by atoms with Crippen molar-refractivity contribution in [3.8, 4) is 0 Å². The first kappa shape index (κ1) is 15.2. The van der Waals surface area contributed by atoms with E-state index in [1.165, 1.54) is 4.88 Å². The molecule has 5 nitrogen and oxygen atoms in total. The predicted octanol–water partition coefficient (Wildman–Crippen LogP) is 2.26. The molecule has 0 spiro atoms. The molecule has 2 aromatic rings. The van der Waals surface area contributed by atoms with E-state index < -0.39 is 0 Å². The van der Waals surface area contributed by atoms with Gasteiger partial charge in [0.15, 0.2) is 0 Å². The van der Waals surface area contributed by atoms with Gasteiger partial charge in [-0.3, -0.25) is 9.48 Å². The van der Waals surface area contributed by atoms with Crippen LogP contribution in [-0.4, -0.2) is 40.8 Å². The maximum absolute atomic E-state index is 12.7. The summed E-state index contributed by atoms with van der Waals surface area (Å²) in [4.78, 5) is 15.9. The third kappa shape index (κ3) is 3.08. The number of carbonyl (C=O) groups is 1. The third-order valence-electron chi connectivity index (χ3n) is 4.21. The number of aromatic nitrogens is 2. The van der Waals surface area contributed by atoms with Gasteiger partial charge in [0, 0.05) is 38.3 Å². The first-order valence-electron chi connectivity index (χ1n) is 7.53. The molecule has 0 saturated carbocycles. The molecule has 118 valence electrons. The van der Waals surface area contributed by atoms with Crippen molar-refractivity contribution in [1.82, 2.24) is 14.7 Å². The van der Waals surface area contributed by atoms with Crippen molar-refractivity contribution in [2.75, 3.05) is 20.2 Å². The molecule has 1 saturated heterocycles. The summed E-state index contributed by atoms with van der Waals surface area (Å²) in [6, 6.07) is 6.09. The number of hydrogen-bond donors (Lipinski definition) is 0. The van der Waals surface area contributed by atoms with E-state index in [2.05, 4.69) is 16.5 Å². The lowest BCUT2D eigenvalue weighted by Gasteiger charge is -2.24. The second kappa shape index (κ2) is 6.62. The molecule has 0 unspecified atom stereocenters. The zero-order chi connectivity index (χ0) is 15.5. The number of rotatable bonds is 5. The molecule has 0 radical (unpaired) electrons. The minimum atomic E-state index is -0.177. The van der Waals surface area contributed by atoms with Crippen LogP contribution in [0, 0.1) is 5.92 Å². The lowest BCUT2D eigenvalue weighted by atomic mass is 9.97. The van der Waals surface area contributed by atoms with Crippen LogP contribution in [0.25, 0.3) is 0 Å². The second-order valence-corrected chi connectivity index (χ2v) is 6.69. The monoisotopic (exact) mass is 319 g/mol. The van der Waals surface area contributed by atoms with Crippen molar-refractivity contribution in [1.29, 1.82) is 0 Å². The average molecular weight is 319 g/mol. The lowest BCUT2D eigenvalue weighted by molar-refractivity contribution is -0.136. The molecule has 1 fully saturated rings. The first-order valence-corrected chi connectivity index (χ1v) is 8.41. The zero-order valence-electron chi connectivity index (χ0n) is 12.9. The van der Waals surface area contributed by atoms with Gasteiger partial charge in [-0.1, -0.05) is 6.07 Å². The maximum atomic E-state index is 12.7. The Morgan fingerprint density at radius 2 is 2.41 bits per heavy atom. The minimum absolute atomic E-state index is 0.108. The summed E-state index contributed by atoms with van der Waals surface area (Å²) in [5.41, 5.74) is 0.975. The van der Waals surface area contributed by atoms with Gasteiger partial charge in [-0.2, -0.15) is 5.10 Å². The summed E-state index contributed by atoms with van der Waals surface area (Å²) in [7, 11) is 3.77. The van der Waals surface area contributed by atoms with E-state index in [0.29, 0.717) is 6.61 Å². The molecule has 0 N–H and O–H groups in total. The van der Waals surface area contributed by atoms with Crippen molar-refractivity contribution >= 4 is 17.2 Å². The molecule has 22 heavy (non-hydrogen) atoms. The summed E-state index contributed by atoms with van der Waals surface area (Å²) in [6.07, 6.45) is 3.25. The highest BCUT2D eigenvalue weighted by atomic mass is 32.1. The highest BCUT2D eigenvalue weighted by Crippen LogP contribution is 2.35. The fourth-order valence-corrected chi connectivity index (χ4v) is 3.62. The van der Waals surface area contributed by atoms with Gasteiger partial charge in [0.25, 0.3) is 0 Å². The number of likely N-dealkylation sites (N-methyl/N-ethyl adjacent to an activating group) is 1. The molecule has 6 heteroatoms. The molecule has 1 amide bonds. The number of carbonyl (C=O) groups excluding carboxylic acids is 1. The van der Waals surface area contributed by atoms with Gasteiger partial charge in [-0.05, 0) is 30.4 Å². The summed E-state index contributed by atoms with van der Waals surface area (Å²) in [5.74, 6) is 0.0593. The molecule has 1 aliphatic rings. The van der Waals surface area contributed by atoms with Crippen LogP contribution < -0.4 is 0 Å². The maximum Gasteiger partial charge on any atom is 0.228 e. The standard InChI is InChI=1S/C16H21N3O2S/c1-18(9-6-12-4-3-11-22-12)16(20)13-7-10-21-15(13)14-5-8-17-19(14)2/h3-5,8,11,13,15H,6-7,9-10H2,1-2H3/t13-,15-/m1/s1. The molecule has 3 rings (SSSR count). The lowest BCUT2D eigenvalue weighted by Crippen LogP contribution is -2.36. The Morgan fingerprint density at radius 3 is 3.09 bits per heavy atom. The number of ether oxygens (including phenoxy) is 1. The molecular formula is C16H21N3O2S. The third-order valence-corrected chi connectivity index (χ3v) is 5.15. The van der Waals surface area contributed by atoms with Crippen LogP contribution in [0.1, 0.15) is 23.1 Å². The highest BCUT2D eigenvalue weighted by Gasteiger charge is 2.38. The molecule has 1 aliphatic heterocycles. The quantitative estimate of drug-likeness (QED) is 0.849. The van der Waals surface area contributed by atoms with Gasteiger partial charge in [0.05, 0.1) is 11.6 Å². The van der Waals surface area contributed by atoms with E-state index in [4.69, 9.17) is 4.74 Å². The summed E-state index contributed by atoms with van der Waals surface area (Å²) < 4.78 is 7.60. The van der Waals surface area contributed by atoms with Crippen molar-refractivity contribution in [3.63, 3.8) is 0 Å². The van der Waals surface area contributed by atoms with E-state index in [-0.39, 0.29) is 17.9 Å². The highest BCUT2D eigenvalue weighted by molar-refractivity contribution is 7.09. The summed E-state index contributed by atoms with van der Waals surface area (Å²) in [5, 5.41) is 6.25. The largest absolute Gasteiger partial charge is 0.371 e. The number of thiophene rings is 1. The van der Waals surface area contributed by atoms with E-state index >= 15 is 0 Å². The molecule has 3 heterocycles. The molecule has 0 bridgehead atoms. The van der Waals surface area contributed by atoms with Crippen LogP contribution in [0.15, 0.2) is 29.8 Å². The molecule has 0 aromatic carbocycles. The van der Waals surface area contributed by atoms with Gasteiger partial charge < -0.3 is 9.64 Å².